The van der Waals surface area contributed by atoms with Crippen LogP contribution in [0.5, 0.6) is 11.5 Å². The highest BCUT2D eigenvalue weighted by Crippen LogP contribution is 2.41. The highest BCUT2D eigenvalue weighted by molar-refractivity contribution is 7.99. The second kappa shape index (κ2) is 13.2. The van der Waals surface area contributed by atoms with Crippen LogP contribution in [0.15, 0.2) is 73.1 Å². The van der Waals surface area contributed by atoms with Gasteiger partial charge in [0.15, 0.2) is 11.6 Å². The van der Waals surface area contributed by atoms with E-state index in [0.717, 1.165) is 75.4 Å². The van der Waals surface area contributed by atoms with E-state index in [1.807, 2.05) is 67.5 Å². The Labute approximate surface area is 280 Å². The summed E-state index contributed by atoms with van der Waals surface area (Å²) in [4.78, 5) is 20.1. The van der Waals surface area contributed by atoms with Crippen molar-refractivity contribution in [2.24, 2.45) is 18.4 Å². The van der Waals surface area contributed by atoms with Crippen molar-refractivity contribution in [2.45, 2.75) is 65.2 Å². The number of halogens is 1. The fourth-order valence-corrected chi connectivity index (χ4v) is 8.01. The van der Waals surface area contributed by atoms with E-state index in [4.69, 9.17) is 9.72 Å². The van der Waals surface area contributed by atoms with Gasteiger partial charge in [0.2, 0.25) is 0 Å². The highest BCUT2D eigenvalue weighted by Gasteiger charge is 2.33. The lowest BCUT2D eigenvalue weighted by atomic mass is 9.73. The lowest BCUT2D eigenvalue weighted by Gasteiger charge is -2.32. The molecule has 2 N–H and O–H groups in total. The summed E-state index contributed by atoms with van der Waals surface area (Å²) >= 11 is 1.91. The van der Waals surface area contributed by atoms with Crippen LogP contribution in [0.2, 0.25) is 0 Å². The number of rotatable bonds is 4. The number of carboxylic acids is 1. The van der Waals surface area contributed by atoms with Crippen LogP contribution in [0.1, 0.15) is 69.3 Å². The Morgan fingerprint density at radius 1 is 1.13 bits per heavy atom. The van der Waals surface area contributed by atoms with Gasteiger partial charge < -0.3 is 19.4 Å². The molecule has 4 bridgehead atoms. The van der Waals surface area contributed by atoms with Crippen molar-refractivity contribution < 1.29 is 19.0 Å². The summed E-state index contributed by atoms with van der Waals surface area (Å²) in [5.41, 5.74) is 5.36. The number of benzene rings is 3. The van der Waals surface area contributed by atoms with Crippen LogP contribution < -0.4 is 4.74 Å². The Bertz CT molecular complexity index is 1910. The number of thioether (sulfide) groups is 1. The first kappa shape index (κ1) is 32.9. The second-order valence-corrected chi connectivity index (χ2v) is 15.2. The first-order chi connectivity index (χ1) is 22.4. The van der Waals surface area contributed by atoms with Gasteiger partial charge in [-0.2, -0.15) is 11.8 Å². The molecule has 5 aromatic rings. The van der Waals surface area contributed by atoms with Crippen molar-refractivity contribution in [3.8, 4) is 22.9 Å². The minimum absolute atomic E-state index is 0.104. The fraction of sp³-hybridized carbons (Fsp3) is 0.385. The highest BCUT2D eigenvalue weighted by atomic mass is 32.2. The van der Waals surface area contributed by atoms with Gasteiger partial charge in [-0.3, -0.25) is 4.79 Å². The van der Waals surface area contributed by atoms with E-state index >= 15 is 4.39 Å². The van der Waals surface area contributed by atoms with E-state index in [1.165, 1.54) is 6.07 Å². The molecular formula is C39H44FN3O3S. The van der Waals surface area contributed by atoms with Crippen molar-refractivity contribution in [3.63, 3.8) is 0 Å². The van der Waals surface area contributed by atoms with Crippen LogP contribution in [-0.2, 0) is 30.1 Å². The molecule has 2 aromatic heterocycles. The summed E-state index contributed by atoms with van der Waals surface area (Å²) in [6, 6.07) is 19.6. The summed E-state index contributed by atoms with van der Waals surface area (Å²) in [6.07, 6.45) is 8.09. The molecule has 8 heteroatoms. The number of carboxylic acid groups (broad SMARTS) is 1. The molecule has 246 valence electrons. The lowest BCUT2D eigenvalue weighted by Crippen LogP contribution is -2.26. The summed E-state index contributed by atoms with van der Waals surface area (Å²) in [6.45, 7) is 8.68. The van der Waals surface area contributed by atoms with Gasteiger partial charge in [-0.1, -0.05) is 63.6 Å². The Morgan fingerprint density at radius 2 is 1.94 bits per heavy atom. The third-order valence-electron chi connectivity index (χ3n) is 9.67. The number of fused-ring (bicyclic) bond motifs is 8. The number of carbonyl (C=O) groups is 1. The topological polar surface area (TPSA) is 80.1 Å². The maximum Gasteiger partial charge on any atom is 0.306 e. The number of aliphatic carboxylic acids is 1. The van der Waals surface area contributed by atoms with Crippen molar-refractivity contribution in [3.05, 3.63) is 101 Å². The largest absolute Gasteiger partial charge is 0.481 e. The molecule has 0 aliphatic carbocycles. The molecule has 6 nitrogen and oxygen atoms in total. The third-order valence-corrected chi connectivity index (χ3v) is 11.1. The Kier molecular flexibility index (Phi) is 9.25. The van der Waals surface area contributed by atoms with Crippen LogP contribution in [0.25, 0.3) is 22.3 Å². The molecule has 47 heavy (non-hydrogen) atoms. The molecule has 6 rings (SSSR count). The van der Waals surface area contributed by atoms with E-state index in [9.17, 15) is 9.90 Å². The van der Waals surface area contributed by atoms with E-state index in [0.29, 0.717) is 18.6 Å². The number of ether oxygens (including phenoxy) is 1. The predicted molar refractivity (Wildman–Crippen MR) is 189 cm³/mol. The number of aryl methyl sites for hydroxylation is 2. The minimum Gasteiger partial charge on any atom is -0.481 e. The Morgan fingerprint density at radius 3 is 2.74 bits per heavy atom. The minimum atomic E-state index is -0.789. The normalized spacial score (nSPS) is 19.3. The molecule has 1 aliphatic rings. The summed E-state index contributed by atoms with van der Waals surface area (Å²) in [5.74, 6) is 1.85. The molecule has 0 amide bonds. The SMILES string of the molecule is CC(Cc1cccc(C2(C)CCCC(C)(C)CSCCc3c(c(F)cc4[nH]ccc34)Oc3cccc(c3)-c3nc2cn3C)c1)C(=O)O. The van der Waals surface area contributed by atoms with E-state index in [1.54, 1.807) is 6.92 Å². The molecule has 0 spiro atoms. The van der Waals surface area contributed by atoms with Gasteiger partial charge in [-0.15, -0.1) is 0 Å². The molecule has 3 aromatic carbocycles. The van der Waals surface area contributed by atoms with Gasteiger partial charge in [-0.25, -0.2) is 9.37 Å². The maximum atomic E-state index is 15.6. The number of hydrogen-bond acceptors (Lipinski definition) is 4. The van der Waals surface area contributed by atoms with Gasteiger partial charge in [0.1, 0.15) is 11.6 Å². The molecular weight excluding hydrogens is 610 g/mol. The van der Waals surface area contributed by atoms with Gasteiger partial charge in [-0.05, 0) is 78.9 Å². The van der Waals surface area contributed by atoms with Crippen molar-refractivity contribution in [1.82, 2.24) is 14.5 Å². The fourth-order valence-electron chi connectivity index (χ4n) is 6.82. The quantitative estimate of drug-likeness (QED) is 0.202. The number of nitrogens with one attached hydrogen (secondary N) is 1. The monoisotopic (exact) mass is 653 g/mol. The van der Waals surface area contributed by atoms with Crippen LogP contribution in [0.4, 0.5) is 4.39 Å². The first-order valence-electron chi connectivity index (χ1n) is 16.4. The van der Waals surface area contributed by atoms with E-state index in [-0.39, 0.29) is 17.0 Å². The lowest BCUT2D eigenvalue weighted by molar-refractivity contribution is -0.141. The zero-order valence-electron chi connectivity index (χ0n) is 27.9. The molecule has 0 fully saturated rings. The van der Waals surface area contributed by atoms with Crippen molar-refractivity contribution in [1.29, 1.82) is 0 Å². The molecule has 2 unspecified atom stereocenters. The predicted octanol–water partition coefficient (Wildman–Crippen LogP) is 9.55. The van der Waals surface area contributed by atoms with Crippen LogP contribution in [0.3, 0.4) is 0 Å². The summed E-state index contributed by atoms with van der Waals surface area (Å²) in [5, 5.41) is 10.5. The maximum absolute atomic E-state index is 15.6. The summed E-state index contributed by atoms with van der Waals surface area (Å²) in [7, 11) is 2.01. The zero-order valence-corrected chi connectivity index (χ0v) is 28.7. The van der Waals surface area contributed by atoms with Crippen LogP contribution >= 0.6 is 11.8 Å². The van der Waals surface area contributed by atoms with E-state index < -0.39 is 17.3 Å². The first-order valence-corrected chi connectivity index (χ1v) is 17.6. The molecule has 0 radical (unpaired) electrons. The third kappa shape index (κ3) is 6.98. The zero-order chi connectivity index (χ0) is 33.3. The van der Waals surface area contributed by atoms with Crippen LogP contribution in [0, 0.1) is 17.2 Å². The smallest absolute Gasteiger partial charge is 0.306 e. The molecule has 0 saturated heterocycles. The average molecular weight is 654 g/mol. The van der Waals surface area contributed by atoms with Gasteiger partial charge >= 0.3 is 5.97 Å². The molecule has 1 aliphatic heterocycles. The Hall–Kier alpha value is -4.04. The molecule has 2 atom stereocenters. The van der Waals surface area contributed by atoms with Crippen molar-refractivity contribution in [2.75, 3.05) is 11.5 Å². The Balaban J connectivity index is 1.44. The summed E-state index contributed by atoms with van der Waals surface area (Å²) < 4.78 is 24.1. The van der Waals surface area contributed by atoms with Gasteiger partial charge in [0.25, 0.3) is 0 Å². The molecule has 3 heterocycles. The number of imidazole rings is 1. The standard InChI is InChI=1S/C39H44FN3O3S/c1-25(37(44)45)19-26-9-6-11-28(20-26)39(4)16-8-15-38(2,3)24-47-18-14-31-30-13-17-41-33(30)22-32(40)35(31)46-29-12-7-10-27(21-29)36-42-34(39)23-43(36)5/h6-7,9-13,17,20-23,25,41H,8,14-16,18-19,24H2,1-5H3,(H,44,45). The molecule has 0 saturated carbocycles. The van der Waals surface area contributed by atoms with Gasteiger partial charge in [0, 0.05) is 53.0 Å². The van der Waals surface area contributed by atoms with Crippen LogP contribution in [-0.4, -0.2) is 37.1 Å². The number of aromatic nitrogens is 3. The number of H-pyrrole nitrogens is 1. The van der Waals surface area contributed by atoms with Gasteiger partial charge in [0.05, 0.1) is 11.6 Å². The number of aromatic amines is 1. The number of hydrogen-bond donors (Lipinski definition) is 2. The van der Waals surface area contributed by atoms with E-state index in [2.05, 4.69) is 48.7 Å². The van der Waals surface area contributed by atoms with Crippen molar-refractivity contribution >= 4 is 28.6 Å². The second-order valence-electron chi connectivity index (χ2n) is 14.1. The average Bonchev–Trinajstić information content (AvgIpc) is 3.66. The number of nitrogens with zero attached hydrogens (tertiary/aromatic N) is 2.